The van der Waals surface area contributed by atoms with E-state index in [9.17, 15) is 14.7 Å². The van der Waals surface area contributed by atoms with Crippen LogP contribution in [0, 0.1) is 41.4 Å². The van der Waals surface area contributed by atoms with Gasteiger partial charge in [0.2, 0.25) is 5.91 Å². The van der Waals surface area contributed by atoms with E-state index in [0.29, 0.717) is 5.92 Å². The van der Waals surface area contributed by atoms with Crippen molar-refractivity contribution in [2.24, 2.45) is 41.4 Å². The molecule has 0 spiro atoms. The number of aliphatic carboxylic acids is 1. The summed E-state index contributed by atoms with van der Waals surface area (Å²) in [5, 5.41) is 12.7. The number of hydrogen-bond acceptors (Lipinski definition) is 2. The fraction of sp³-hybridized carbons (Fsp3) is 0.778. The predicted octanol–water partition coefficient (Wildman–Crippen LogP) is 2.45. The summed E-state index contributed by atoms with van der Waals surface area (Å²) in [6.07, 6.45) is 10.1. The second-order valence-corrected chi connectivity index (χ2v) is 7.97. The Morgan fingerprint density at radius 3 is 2.41 bits per heavy atom. The van der Waals surface area contributed by atoms with Gasteiger partial charge in [-0.2, -0.15) is 0 Å². The third kappa shape index (κ3) is 2.10. The molecule has 4 rings (SSSR count). The molecule has 22 heavy (non-hydrogen) atoms. The molecule has 1 amide bonds. The molecular formula is C18H25NO3. The molecule has 8 atom stereocenters. The van der Waals surface area contributed by atoms with Gasteiger partial charge in [0.05, 0.1) is 11.8 Å². The van der Waals surface area contributed by atoms with E-state index in [4.69, 9.17) is 0 Å². The molecule has 120 valence electrons. The van der Waals surface area contributed by atoms with Crippen LogP contribution in [0.5, 0.6) is 0 Å². The minimum absolute atomic E-state index is 0.0282. The number of carboxylic acid groups (broad SMARTS) is 1. The number of allylic oxidation sites excluding steroid dienone is 2. The lowest BCUT2D eigenvalue weighted by Gasteiger charge is -2.31. The van der Waals surface area contributed by atoms with Crippen molar-refractivity contribution >= 4 is 11.9 Å². The normalized spacial score (nSPS) is 46.1. The number of nitrogens with one attached hydrogen (secondary N) is 1. The van der Waals surface area contributed by atoms with Gasteiger partial charge in [-0.15, -0.1) is 0 Å². The van der Waals surface area contributed by atoms with Crippen LogP contribution in [0.4, 0.5) is 0 Å². The first-order chi connectivity index (χ1) is 10.5. The van der Waals surface area contributed by atoms with E-state index in [1.165, 1.54) is 25.7 Å². The van der Waals surface area contributed by atoms with Crippen LogP contribution in [0.1, 0.15) is 39.0 Å². The van der Waals surface area contributed by atoms with Gasteiger partial charge in [0.1, 0.15) is 0 Å². The molecule has 0 radical (unpaired) electrons. The fourth-order valence-electron chi connectivity index (χ4n) is 5.85. The number of carbonyl (C=O) groups excluding carboxylic acids is 1. The summed E-state index contributed by atoms with van der Waals surface area (Å²) >= 11 is 0. The maximum absolute atomic E-state index is 12.7. The van der Waals surface area contributed by atoms with E-state index in [0.717, 1.165) is 18.3 Å². The molecule has 3 saturated carbocycles. The highest BCUT2D eigenvalue weighted by Gasteiger charge is 2.52. The number of carbonyl (C=O) groups is 2. The van der Waals surface area contributed by atoms with Gasteiger partial charge in [-0.1, -0.05) is 18.6 Å². The molecular weight excluding hydrogens is 278 g/mol. The lowest BCUT2D eigenvalue weighted by atomic mass is 9.81. The summed E-state index contributed by atoms with van der Waals surface area (Å²) in [6, 6.07) is 0.181. The Morgan fingerprint density at radius 2 is 1.82 bits per heavy atom. The summed E-state index contributed by atoms with van der Waals surface area (Å²) in [7, 11) is 0. The second-order valence-electron chi connectivity index (χ2n) is 7.97. The van der Waals surface area contributed by atoms with Gasteiger partial charge in [-0.3, -0.25) is 9.59 Å². The van der Waals surface area contributed by atoms with E-state index in [-0.39, 0.29) is 29.7 Å². The van der Waals surface area contributed by atoms with Crippen molar-refractivity contribution in [2.45, 2.75) is 45.1 Å². The van der Waals surface area contributed by atoms with Crippen LogP contribution in [0.2, 0.25) is 0 Å². The summed E-state index contributed by atoms with van der Waals surface area (Å²) in [6.45, 7) is 2.11. The number of fused-ring (bicyclic) bond motifs is 4. The molecule has 0 aromatic carbocycles. The minimum atomic E-state index is -0.815. The average Bonchev–Trinajstić information content (AvgIpc) is 3.24. The first-order valence-electron chi connectivity index (χ1n) is 8.76. The fourth-order valence-corrected chi connectivity index (χ4v) is 5.85. The summed E-state index contributed by atoms with van der Waals surface area (Å²) in [5.74, 6) is 0.677. The number of carboxylic acids is 1. The zero-order valence-electron chi connectivity index (χ0n) is 13.1. The van der Waals surface area contributed by atoms with E-state index in [1.54, 1.807) is 0 Å². The van der Waals surface area contributed by atoms with Crippen molar-refractivity contribution in [1.82, 2.24) is 5.32 Å². The largest absolute Gasteiger partial charge is 0.481 e. The Morgan fingerprint density at radius 1 is 1.09 bits per heavy atom. The Hall–Kier alpha value is -1.32. The minimum Gasteiger partial charge on any atom is -0.481 e. The van der Waals surface area contributed by atoms with Crippen LogP contribution in [0.15, 0.2) is 12.2 Å². The van der Waals surface area contributed by atoms with Crippen LogP contribution in [-0.4, -0.2) is 23.0 Å². The van der Waals surface area contributed by atoms with Crippen LogP contribution in [0.3, 0.4) is 0 Å². The Labute approximate surface area is 131 Å². The molecule has 4 aliphatic rings. The van der Waals surface area contributed by atoms with Gasteiger partial charge in [-0.25, -0.2) is 0 Å². The lowest BCUT2D eigenvalue weighted by Crippen LogP contribution is -2.46. The van der Waals surface area contributed by atoms with Gasteiger partial charge in [-0.05, 0) is 62.2 Å². The predicted molar refractivity (Wildman–Crippen MR) is 81.9 cm³/mol. The molecule has 0 aliphatic heterocycles. The van der Waals surface area contributed by atoms with E-state index in [1.807, 2.05) is 6.08 Å². The van der Waals surface area contributed by atoms with Crippen LogP contribution < -0.4 is 5.32 Å². The van der Waals surface area contributed by atoms with Crippen molar-refractivity contribution in [3.63, 3.8) is 0 Å². The molecule has 0 saturated heterocycles. The van der Waals surface area contributed by atoms with Gasteiger partial charge in [0.25, 0.3) is 0 Å². The monoisotopic (exact) mass is 303 g/mol. The van der Waals surface area contributed by atoms with Crippen molar-refractivity contribution in [3.05, 3.63) is 12.2 Å². The van der Waals surface area contributed by atoms with Crippen molar-refractivity contribution in [3.8, 4) is 0 Å². The van der Waals surface area contributed by atoms with Crippen LogP contribution in [0.25, 0.3) is 0 Å². The highest BCUT2D eigenvalue weighted by Crippen LogP contribution is 2.50. The maximum atomic E-state index is 12.7. The van der Waals surface area contributed by atoms with Crippen molar-refractivity contribution in [1.29, 1.82) is 0 Å². The van der Waals surface area contributed by atoms with Gasteiger partial charge in [0.15, 0.2) is 0 Å². The second kappa shape index (κ2) is 5.10. The molecule has 4 bridgehead atoms. The maximum Gasteiger partial charge on any atom is 0.307 e. The molecule has 3 fully saturated rings. The topological polar surface area (TPSA) is 66.4 Å². The highest BCUT2D eigenvalue weighted by atomic mass is 16.4. The van der Waals surface area contributed by atoms with Crippen molar-refractivity contribution < 1.29 is 14.7 Å². The zero-order valence-corrected chi connectivity index (χ0v) is 13.1. The molecule has 4 heteroatoms. The number of hydrogen-bond donors (Lipinski definition) is 2. The van der Waals surface area contributed by atoms with Gasteiger partial charge < -0.3 is 10.4 Å². The Bertz CT molecular complexity index is 528. The third-order valence-corrected chi connectivity index (χ3v) is 6.85. The summed E-state index contributed by atoms with van der Waals surface area (Å²) < 4.78 is 0. The Kier molecular flexibility index (Phi) is 3.31. The average molecular weight is 303 g/mol. The molecule has 0 aromatic rings. The van der Waals surface area contributed by atoms with Gasteiger partial charge >= 0.3 is 5.97 Å². The molecule has 2 N–H and O–H groups in total. The lowest BCUT2D eigenvalue weighted by molar-refractivity contribution is -0.148. The first-order valence-corrected chi connectivity index (χ1v) is 8.76. The molecule has 0 unspecified atom stereocenters. The first kappa shape index (κ1) is 14.3. The molecule has 0 aromatic heterocycles. The Balaban J connectivity index is 1.43. The number of rotatable bonds is 4. The highest BCUT2D eigenvalue weighted by molar-refractivity contribution is 5.87. The molecule has 4 nitrogen and oxygen atoms in total. The zero-order chi connectivity index (χ0) is 15.4. The van der Waals surface area contributed by atoms with Crippen LogP contribution >= 0.6 is 0 Å². The number of amides is 1. The summed E-state index contributed by atoms with van der Waals surface area (Å²) in [4.78, 5) is 24.3. The molecule has 4 aliphatic carbocycles. The van der Waals surface area contributed by atoms with E-state index < -0.39 is 11.9 Å². The standard InChI is InChI=1S/C18H25NO3/c1-9(14-7-10-2-3-11(14)6-10)19-17(20)15-12-4-5-13(8-12)16(15)18(21)22/h4-5,9-16H,2-3,6-8H2,1H3,(H,19,20)(H,21,22)/t9-,10+,11+,12-,13-,14+,15+,16-/m0/s1. The quantitative estimate of drug-likeness (QED) is 0.784. The third-order valence-electron chi connectivity index (χ3n) is 6.85. The molecule has 0 heterocycles. The van der Waals surface area contributed by atoms with Gasteiger partial charge in [0, 0.05) is 6.04 Å². The smallest absolute Gasteiger partial charge is 0.307 e. The van der Waals surface area contributed by atoms with Crippen molar-refractivity contribution in [2.75, 3.05) is 0 Å². The summed E-state index contributed by atoms with van der Waals surface area (Å²) in [5.41, 5.74) is 0. The van der Waals surface area contributed by atoms with Crippen LogP contribution in [-0.2, 0) is 9.59 Å². The van der Waals surface area contributed by atoms with E-state index in [2.05, 4.69) is 18.3 Å². The SMILES string of the molecule is C[C@H](NC(=O)[C@H]1[C@@H](C(=O)O)[C@H]2C=C[C@H]1C2)[C@H]1C[C@@H]2CC[C@@H]1C2. The van der Waals surface area contributed by atoms with E-state index >= 15 is 0 Å².